The van der Waals surface area contributed by atoms with Crippen molar-refractivity contribution in [3.05, 3.63) is 23.9 Å². The van der Waals surface area contributed by atoms with E-state index in [2.05, 4.69) is 9.71 Å². The molecule has 1 saturated carbocycles. The lowest BCUT2D eigenvalue weighted by Crippen LogP contribution is -1.93. The minimum atomic E-state index is 0.0586. The maximum absolute atomic E-state index is 8.79. The zero-order valence-corrected chi connectivity index (χ0v) is 8.05. The molecule has 0 amide bonds. The van der Waals surface area contributed by atoms with Crippen molar-refractivity contribution >= 4 is 17.8 Å². The number of aliphatic hydroxyl groups excluding tert-OH is 1. The minimum Gasteiger partial charge on any atom is -0.392 e. The van der Waals surface area contributed by atoms with E-state index >= 15 is 0 Å². The largest absolute Gasteiger partial charge is 0.392 e. The molecule has 70 valence electrons. The van der Waals surface area contributed by atoms with Crippen LogP contribution in [0.1, 0.15) is 18.4 Å². The SMILES string of the molecule is OCc1ccc(NSC2CC2)nc1. The van der Waals surface area contributed by atoms with Crippen molar-refractivity contribution in [2.75, 3.05) is 4.72 Å². The smallest absolute Gasteiger partial charge is 0.135 e. The van der Waals surface area contributed by atoms with Crippen LogP contribution < -0.4 is 4.72 Å². The third-order valence-electron chi connectivity index (χ3n) is 1.86. The zero-order chi connectivity index (χ0) is 9.10. The molecule has 13 heavy (non-hydrogen) atoms. The molecule has 1 heterocycles. The molecule has 0 radical (unpaired) electrons. The van der Waals surface area contributed by atoms with Crippen LogP contribution in [0.2, 0.25) is 0 Å². The van der Waals surface area contributed by atoms with Gasteiger partial charge in [0.1, 0.15) is 5.82 Å². The van der Waals surface area contributed by atoms with Crippen molar-refractivity contribution in [2.45, 2.75) is 24.7 Å². The van der Waals surface area contributed by atoms with Crippen molar-refractivity contribution in [1.82, 2.24) is 4.98 Å². The molecule has 2 rings (SSSR count). The second kappa shape index (κ2) is 3.98. The van der Waals surface area contributed by atoms with Crippen LogP contribution >= 0.6 is 11.9 Å². The molecule has 1 aliphatic carbocycles. The van der Waals surface area contributed by atoms with Crippen LogP contribution in [0.15, 0.2) is 18.3 Å². The van der Waals surface area contributed by atoms with Gasteiger partial charge in [-0.1, -0.05) is 6.07 Å². The van der Waals surface area contributed by atoms with Gasteiger partial charge in [0, 0.05) is 11.4 Å². The van der Waals surface area contributed by atoms with Gasteiger partial charge < -0.3 is 9.83 Å². The topological polar surface area (TPSA) is 45.1 Å². The van der Waals surface area contributed by atoms with Crippen LogP contribution in [-0.4, -0.2) is 15.3 Å². The highest BCUT2D eigenvalue weighted by atomic mass is 32.2. The van der Waals surface area contributed by atoms with Gasteiger partial charge in [-0.25, -0.2) is 4.98 Å². The van der Waals surface area contributed by atoms with Crippen LogP contribution in [0.5, 0.6) is 0 Å². The van der Waals surface area contributed by atoms with Crippen molar-refractivity contribution in [3.63, 3.8) is 0 Å². The summed E-state index contributed by atoms with van der Waals surface area (Å²) in [4.78, 5) is 4.16. The summed E-state index contributed by atoms with van der Waals surface area (Å²) in [6.45, 7) is 0.0586. The van der Waals surface area contributed by atoms with Crippen molar-refractivity contribution in [3.8, 4) is 0 Å². The molecule has 0 unspecified atom stereocenters. The highest BCUT2D eigenvalue weighted by Crippen LogP contribution is 2.33. The number of nitrogens with zero attached hydrogens (tertiary/aromatic N) is 1. The summed E-state index contributed by atoms with van der Waals surface area (Å²) in [5, 5.41) is 9.57. The van der Waals surface area contributed by atoms with Crippen molar-refractivity contribution in [2.24, 2.45) is 0 Å². The molecular weight excluding hydrogens is 184 g/mol. The Bertz CT molecular complexity index is 271. The summed E-state index contributed by atoms with van der Waals surface area (Å²) in [7, 11) is 0. The van der Waals surface area contributed by atoms with E-state index in [9.17, 15) is 0 Å². The van der Waals surface area contributed by atoms with Crippen LogP contribution in [0.3, 0.4) is 0 Å². The predicted octanol–water partition coefficient (Wildman–Crippen LogP) is 1.80. The Morgan fingerprint density at radius 3 is 2.92 bits per heavy atom. The van der Waals surface area contributed by atoms with Gasteiger partial charge in [0.25, 0.3) is 0 Å². The maximum atomic E-state index is 8.79. The van der Waals surface area contributed by atoms with Crippen LogP contribution in [-0.2, 0) is 6.61 Å². The number of hydrogen-bond donors (Lipinski definition) is 2. The Balaban J connectivity index is 1.88. The summed E-state index contributed by atoms with van der Waals surface area (Å²) in [5.41, 5.74) is 0.849. The van der Waals surface area contributed by atoms with Gasteiger partial charge in [0.05, 0.1) is 6.61 Å². The molecule has 0 saturated heterocycles. The van der Waals surface area contributed by atoms with Crippen molar-refractivity contribution in [1.29, 1.82) is 0 Å². The molecule has 1 fully saturated rings. The third kappa shape index (κ3) is 2.60. The Labute approximate surface area is 81.7 Å². The molecule has 0 atom stereocenters. The fourth-order valence-electron chi connectivity index (χ4n) is 0.908. The first-order valence-electron chi connectivity index (χ1n) is 4.36. The number of nitrogens with one attached hydrogen (secondary N) is 1. The summed E-state index contributed by atoms with van der Waals surface area (Å²) >= 11 is 1.73. The van der Waals surface area contributed by atoms with Crippen molar-refractivity contribution < 1.29 is 5.11 Å². The molecule has 0 bridgehead atoms. The summed E-state index contributed by atoms with van der Waals surface area (Å²) in [6, 6.07) is 3.77. The van der Waals surface area contributed by atoms with E-state index in [1.807, 2.05) is 12.1 Å². The highest BCUT2D eigenvalue weighted by molar-refractivity contribution is 8.01. The van der Waals surface area contributed by atoms with Gasteiger partial charge in [0.15, 0.2) is 0 Å². The standard InChI is InChI=1S/C9H12N2OS/c12-6-7-1-4-9(10-5-7)11-13-8-2-3-8/h1,4-5,8,12H,2-3,6H2,(H,10,11). The van der Waals surface area contributed by atoms with Gasteiger partial charge >= 0.3 is 0 Å². The zero-order valence-electron chi connectivity index (χ0n) is 7.23. The molecule has 2 N–H and O–H groups in total. The predicted molar refractivity (Wildman–Crippen MR) is 54.4 cm³/mol. The average Bonchev–Trinajstić information content (AvgIpc) is 2.99. The number of hydrogen-bond acceptors (Lipinski definition) is 4. The molecule has 1 aromatic rings. The van der Waals surface area contributed by atoms with E-state index in [0.717, 1.165) is 16.6 Å². The number of aromatic nitrogens is 1. The van der Waals surface area contributed by atoms with Gasteiger partial charge in [-0.15, -0.1) is 0 Å². The molecule has 0 aliphatic heterocycles. The molecule has 0 aromatic carbocycles. The molecule has 1 aromatic heterocycles. The van der Waals surface area contributed by atoms with E-state index < -0.39 is 0 Å². The first-order valence-corrected chi connectivity index (χ1v) is 5.24. The molecular formula is C9H12N2OS. The van der Waals surface area contributed by atoms with E-state index in [-0.39, 0.29) is 6.61 Å². The quantitative estimate of drug-likeness (QED) is 0.721. The number of anilines is 1. The normalized spacial score (nSPS) is 15.8. The first kappa shape index (κ1) is 8.84. The van der Waals surface area contributed by atoms with Crippen LogP contribution in [0, 0.1) is 0 Å². The van der Waals surface area contributed by atoms with Crippen LogP contribution in [0.25, 0.3) is 0 Å². The van der Waals surface area contributed by atoms with Gasteiger partial charge in [-0.05, 0) is 36.4 Å². The second-order valence-corrected chi connectivity index (χ2v) is 4.24. The van der Waals surface area contributed by atoms with Crippen LogP contribution in [0.4, 0.5) is 5.82 Å². The second-order valence-electron chi connectivity index (χ2n) is 3.13. The first-order chi connectivity index (χ1) is 6.38. The van der Waals surface area contributed by atoms with E-state index in [1.165, 1.54) is 12.8 Å². The monoisotopic (exact) mass is 196 g/mol. The fraction of sp³-hybridized carbons (Fsp3) is 0.444. The van der Waals surface area contributed by atoms with Gasteiger partial charge in [-0.3, -0.25) is 0 Å². The average molecular weight is 196 g/mol. The van der Waals surface area contributed by atoms with Gasteiger partial charge in [-0.2, -0.15) is 0 Å². The molecule has 1 aliphatic rings. The Hall–Kier alpha value is -0.740. The summed E-state index contributed by atoms with van der Waals surface area (Å²) < 4.78 is 3.18. The number of pyridine rings is 1. The summed E-state index contributed by atoms with van der Waals surface area (Å²) in [5.74, 6) is 0.870. The van der Waals surface area contributed by atoms with Gasteiger partial charge in [0.2, 0.25) is 0 Å². The summed E-state index contributed by atoms with van der Waals surface area (Å²) in [6.07, 6.45) is 4.31. The molecule has 4 heteroatoms. The fourth-order valence-corrected chi connectivity index (χ4v) is 1.69. The Morgan fingerprint density at radius 2 is 2.38 bits per heavy atom. The lowest BCUT2D eigenvalue weighted by Gasteiger charge is -2.03. The third-order valence-corrected chi connectivity index (χ3v) is 2.99. The van der Waals surface area contributed by atoms with E-state index in [4.69, 9.17) is 5.11 Å². The number of rotatable bonds is 4. The lowest BCUT2D eigenvalue weighted by atomic mass is 10.3. The highest BCUT2D eigenvalue weighted by Gasteiger charge is 2.22. The lowest BCUT2D eigenvalue weighted by molar-refractivity contribution is 0.281. The van der Waals surface area contributed by atoms with E-state index in [1.54, 1.807) is 18.1 Å². The Kier molecular flexibility index (Phi) is 2.71. The number of aliphatic hydroxyl groups is 1. The maximum Gasteiger partial charge on any atom is 0.135 e. The Morgan fingerprint density at radius 1 is 1.54 bits per heavy atom. The molecule has 3 nitrogen and oxygen atoms in total. The minimum absolute atomic E-state index is 0.0586. The van der Waals surface area contributed by atoms with E-state index in [0.29, 0.717) is 0 Å². The molecule has 0 spiro atoms.